The molecule has 6 nitrogen and oxygen atoms in total. The fourth-order valence-corrected chi connectivity index (χ4v) is 4.09. The highest BCUT2D eigenvalue weighted by molar-refractivity contribution is 7.98. The number of rotatable bonds is 4. The molecule has 22 heavy (non-hydrogen) atoms. The summed E-state index contributed by atoms with van der Waals surface area (Å²) < 4.78 is 0. The van der Waals surface area contributed by atoms with Crippen molar-refractivity contribution in [3.63, 3.8) is 0 Å². The third kappa shape index (κ3) is 2.46. The predicted octanol–water partition coefficient (Wildman–Crippen LogP) is 2.89. The molecule has 0 amide bonds. The number of hydrogen-bond donors (Lipinski definition) is 2. The molecule has 1 saturated carbocycles. The summed E-state index contributed by atoms with van der Waals surface area (Å²) in [5, 5.41) is 8.61. The van der Waals surface area contributed by atoms with E-state index < -0.39 is 0 Å². The molecule has 0 radical (unpaired) electrons. The second-order valence-corrected chi connectivity index (χ2v) is 7.69. The molecule has 1 aliphatic rings. The zero-order valence-corrected chi connectivity index (χ0v) is 13.9. The number of thiophene rings is 1. The molecule has 3 aromatic heterocycles. The van der Waals surface area contributed by atoms with Gasteiger partial charge < -0.3 is 4.98 Å². The molecule has 0 spiro atoms. The zero-order valence-electron chi connectivity index (χ0n) is 12.3. The maximum atomic E-state index is 12.2. The van der Waals surface area contributed by atoms with Crippen LogP contribution in [0.25, 0.3) is 10.2 Å². The van der Waals surface area contributed by atoms with Gasteiger partial charge in [0, 0.05) is 10.8 Å². The average Bonchev–Trinajstić information content (AvgIpc) is 3.15. The van der Waals surface area contributed by atoms with Gasteiger partial charge in [0.25, 0.3) is 5.56 Å². The first-order valence-electron chi connectivity index (χ1n) is 7.16. The summed E-state index contributed by atoms with van der Waals surface area (Å²) in [6.45, 7) is 3.98. The van der Waals surface area contributed by atoms with E-state index in [0.717, 1.165) is 21.1 Å². The summed E-state index contributed by atoms with van der Waals surface area (Å²) in [5.74, 6) is 2.77. The summed E-state index contributed by atoms with van der Waals surface area (Å²) in [6.07, 6.45) is 2.39. The topological polar surface area (TPSA) is 87.3 Å². The molecule has 4 rings (SSSR count). The van der Waals surface area contributed by atoms with Gasteiger partial charge in [-0.25, -0.2) is 9.97 Å². The largest absolute Gasteiger partial charge is 0.309 e. The van der Waals surface area contributed by atoms with Crippen molar-refractivity contribution >= 4 is 33.3 Å². The van der Waals surface area contributed by atoms with E-state index in [4.69, 9.17) is 0 Å². The van der Waals surface area contributed by atoms with Crippen molar-refractivity contribution in [2.75, 3.05) is 0 Å². The van der Waals surface area contributed by atoms with Crippen LogP contribution in [0.3, 0.4) is 0 Å². The second-order valence-electron chi connectivity index (χ2n) is 5.54. The van der Waals surface area contributed by atoms with Crippen LogP contribution in [-0.4, -0.2) is 25.1 Å². The molecule has 0 aromatic carbocycles. The lowest BCUT2D eigenvalue weighted by Crippen LogP contribution is -2.10. The highest BCUT2D eigenvalue weighted by atomic mass is 32.2. The zero-order chi connectivity index (χ0) is 15.3. The number of nitrogens with zero attached hydrogens (tertiary/aromatic N) is 3. The summed E-state index contributed by atoms with van der Waals surface area (Å²) in [7, 11) is 0. The Morgan fingerprint density at radius 1 is 1.32 bits per heavy atom. The van der Waals surface area contributed by atoms with Gasteiger partial charge in [0.2, 0.25) is 5.16 Å². The van der Waals surface area contributed by atoms with Crippen LogP contribution in [0.5, 0.6) is 0 Å². The van der Waals surface area contributed by atoms with E-state index in [9.17, 15) is 4.79 Å². The summed E-state index contributed by atoms with van der Waals surface area (Å²) in [4.78, 5) is 26.1. The van der Waals surface area contributed by atoms with Gasteiger partial charge in [0.15, 0.2) is 0 Å². The molecule has 0 saturated heterocycles. The minimum absolute atomic E-state index is 0.0592. The molecule has 2 N–H and O–H groups in total. The maximum absolute atomic E-state index is 12.2. The number of H-pyrrole nitrogens is 2. The standard InChI is InChI=1S/C14H15N5OS2/c1-6-7(2)22-13-10(6)12(20)15-9(16-13)5-21-14-17-11(18-19-14)8-3-4-8/h8H,3-5H2,1-2H3,(H,15,16,20)(H,17,18,19). The first-order valence-corrected chi connectivity index (χ1v) is 8.96. The van der Waals surface area contributed by atoms with E-state index >= 15 is 0 Å². The van der Waals surface area contributed by atoms with Crippen molar-refractivity contribution in [2.24, 2.45) is 0 Å². The fraction of sp³-hybridized carbons (Fsp3) is 0.429. The lowest BCUT2D eigenvalue weighted by molar-refractivity contribution is 0.931. The molecule has 3 heterocycles. The molecular formula is C14H15N5OS2. The van der Waals surface area contributed by atoms with Crippen LogP contribution in [0.2, 0.25) is 0 Å². The van der Waals surface area contributed by atoms with Crippen LogP contribution in [0, 0.1) is 13.8 Å². The molecule has 0 bridgehead atoms. The minimum atomic E-state index is -0.0592. The fourth-order valence-electron chi connectivity index (χ4n) is 2.36. The Hall–Kier alpha value is -1.67. The Kier molecular flexibility index (Phi) is 3.30. The van der Waals surface area contributed by atoms with Crippen molar-refractivity contribution in [3.8, 4) is 0 Å². The van der Waals surface area contributed by atoms with Crippen LogP contribution >= 0.6 is 23.1 Å². The summed E-state index contributed by atoms with van der Waals surface area (Å²) in [6, 6.07) is 0. The molecule has 1 aliphatic carbocycles. The number of nitrogens with one attached hydrogen (secondary N) is 2. The van der Waals surface area contributed by atoms with Crippen molar-refractivity contribution < 1.29 is 0 Å². The lowest BCUT2D eigenvalue weighted by atomic mass is 10.2. The normalized spacial score (nSPS) is 14.8. The summed E-state index contributed by atoms with van der Waals surface area (Å²) >= 11 is 3.05. The molecule has 1 fully saturated rings. The first-order chi connectivity index (χ1) is 10.6. The SMILES string of the molecule is Cc1sc2nc(CSc3n[nH]c(C4CC4)n3)[nH]c(=O)c2c1C. The number of aromatic amines is 2. The van der Waals surface area contributed by atoms with Crippen molar-refractivity contribution in [3.05, 3.63) is 32.4 Å². The Morgan fingerprint density at radius 3 is 2.91 bits per heavy atom. The van der Waals surface area contributed by atoms with Gasteiger partial charge in [-0.3, -0.25) is 9.89 Å². The third-order valence-corrected chi connectivity index (χ3v) is 5.83. The first kappa shape index (κ1) is 14.0. The van der Waals surface area contributed by atoms with Gasteiger partial charge in [-0.2, -0.15) is 0 Å². The Morgan fingerprint density at radius 2 is 2.14 bits per heavy atom. The second kappa shape index (κ2) is 5.20. The quantitative estimate of drug-likeness (QED) is 0.717. The summed E-state index contributed by atoms with van der Waals surface area (Å²) in [5.41, 5.74) is 0.965. The Labute approximate surface area is 134 Å². The van der Waals surface area contributed by atoms with Gasteiger partial charge in [-0.05, 0) is 32.3 Å². The molecule has 0 unspecified atom stereocenters. The van der Waals surface area contributed by atoms with Crippen LogP contribution in [0.4, 0.5) is 0 Å². The Balaban J connectivity index is 1.57. The van der Waals surface area contributed by atoms with E-state index in [0.29, 0.717) is 28.0 Å². The molecule has 3 aromatic rings. The van der Waals surface area contributed by atoms with Crippen LogP contribution in [0.15, 0.2) is 9.95 Å². The van der Waals surface area contributed by atoms with Crippen LogP contribution in [-0.2, 0) is 5.75 Å². The van der Waals surface area contributed by atoms with Gasteiger partial charge in [-0.15, -0.1) is 16.4 Å². The highest BCUT2D eigenvalue weighted by Gasteiger charge is 2.27. The van der Waals surface area contributed by atoms with Crippen LogP contribution < -0.4 is 5.56 Å². The smallest absolute Gasteiger partial charge is 0.259 e. The number of thioether (sulfide) groups is 1. The number of fused-ring (bicyclic) bond motifs is 1. The molecule has 8 heteroatoms. The lowest BCUT2D eigenvalue weighted by Gasteiger charge is -1.98. The van der Waals surface area contributed by atoms with Crippen LogP contribution in [0.1, 0.15) is 40.8 Å². The Bertz CT molecular complexity index is 906. The van der Waals surface area contributed by atoms with E-state index in [1.807, 2.05) is 13.8 Å². The van der Waals surface area contributed by atoms with Gasteiger partial charge in [0.1, 0.15) is 16.5 Å². The predicted molar refractivity (Wildman–Crippen MR) is 87.6 cm³/mol. The molecule has 0 atom stereocenters. The van der Waals surface area contributed by atoms with E-state index in [-0.39, 0.29) is 5.56 Å². The monoisotopic (exact) mass is 333 g/mol. The van der Waals surface area contributed by atoms with Crippen molar-refractivity contribution in [2.45, 2.75) is 43.5 Å². The average molecular weight is 333 g/mol. The van der Waals surface area contributed by atoms with Gasteiger partial charge in [0.05, 0.1) is 11.1 Å². The third-order valence-electron chi connectivity index (χ3n) is 3.87. The number of aromatic nitrogens is 5. The van der Waals surface area contributed by atoms with E-state index in [2.05, 4.69) is 25.1 Å². The van der Waals surface area contributed by atoms with Crippen molar-refractivity contribution in [1.82, 2.24) is 25.1 Å². The number of aryl methyl sites for hydroxylation is 2. The highest BCUT2D eigenvalue weighted by Crippen LogP contribution is 2.38. The minimum Gasteiger partial charge on any atom is -0.309 e. The molecular weight excluding hydrogens is 318 g/mol. The van der Waals surface area contributed by atoms with Gasteiger partial charge >= 0.3 is 0 Å². The van der Waals surface area contributed by atoms with Crippen molar-refractivity contribution in [1.29, 1.82) is 0 Å². The van der Waals surface area contributed by atoms with Gasteiger partial charge in [-0.1, -0.05) is 11.8 Å². The molecule has 114 valence electrons. The number of hydrogen-bond acceptors (Lipinski definition) is 6. The maximum Gasteiger partial charge on any atom is 0.259 e. The van der Waals surface area contributed by atoms with E-state index in [1.165, 1.54) is 24.6 Å². The van der Waals surface area contributed by atoms with E-state index in [1.54, 1.807) is 11.3 Å². The molecule has 0 aliphatic heterocycles.